The summed E-state index contributed by atoms with van der Waals surface area (Å²) in [5, 5.41) is 0. The minimum Gasteiger partial charge on any atom is -0.0791 e. The Morgan fingerprint density at radius 2 is 0.500 bits per heavy atom. The third-order valence-electron chi connectivity index (χ3n) is 25.1. The lowest BCUT2D eigenvalue weighted by Crippen LogP contribution is -2.42. The van der Waals surface area contributed by atoms with Crippen LogP contribution in [0.4, 0.5) is 0 Å². The molecule has 0 heterocycles. The maximum atomic E-state index is 2.62. The van der Waals surface area contributed by atoms with Crippen LogP contribution in [0.3, 0.4) is 0 Å². The molecule has 0 saturated heterocycles. The van der Waals surface area contributed by atoms with Crippen molar-refractivity contribution in [1.82, 2.24) is 0 Å². The van der Waals surface area contributed by atoms with Crippen molar-refractivity contribution in [3.05, 3.63) is 325 Å². The summed E-state index contributed by atoms with van der Waals surface area (Å²) in [5.74, 6) is 0. The Morgan fingerprint density at radius 3 is 0.857 bits per heavy atom. The van der Waals surface area contributed by atoms with Crippen LogP contribution < -0.4 is 0 Å². The van der Waals surface area contributed by atoms with Crippen molar-refractivity contribution in [3.63, 3.8) is 0 Å². The molecule has 0 aliphatic heterocycles. The molecule has 8 atom stereocenters. The van der Waals surface area contributed by atoms with E-state index in [9.17, 15) is 0 Å². The van der Waals surface area contributed by atoms with Crippen molar-refractivity contribution >= 4 is 80.9 Å². The number of benzene rings is 8. The summed E-state index contributed by atoms with van der Waals surface area (Å²) < 4.78 is 0. The number of rotatable bonds is 8. The van der Waals surface area contributed by atoms with E-state index in [1.165, 1.54) is 100 Å². The maximum Gasteiger partial charge on any atom is 0.0722 e. The molecule has 500 valence electrons. The Morgan fingerprint density at radius 1 is 0.224 bits per heavy atom. The van der Waals surface area contributed by atoms with Gasteiger partial charge < -0.3 is 0 Å². The summed E-state index contributed by atoms with van der Waals surface area (Å²) in [4.78, 5) is 0. The Hall–Kier alpha value is -7.45. The second-order valence-electron chi connectivity index (χ2n) is 33.7. The first kappa shape index (κ1) is 69.0. The van der Waals surface area contributed by atoms with E-state index in [1.807, 2.05) is 0 Å². The van der Waals surface area contributed by atoms with Crippen molar-refractivity contribution in [1.29, 1.82) is 0 Å². The zero-order valence-corrected chi connectivity index (χ0v) is 67.2. The van der Waals surface area contributed by atoms with Gasteiger partial charge in [-0.15, -0.1) is 0 Å². The first-order chi connectivity index (χ1) is 46.4. The molecule has 0 N–H and O–H groups in total. The van der Waals surface area contributed by atoms with Gasteiger partial charge in [0.1, 0.15) is 0 Å². The standard InChI is InChI=1S/2C26H32Si.C22H24Si.C20H20Si/c1-15-9-21-11-19(5)25(23(21)13-17(15)3)27(7,8)26-20(6)12-22-10-16(2)18(4)14-24(22)26;1-15-9-17(3)21-13-19(5)25(23(21)11-15)27(7,8)26-20(6)14-22-18(4)10-16(2)12-24(22)26;1-15-13-17-9-5-7-11-19(17)21(15)23(3,4)22-16(2)14-18-10-6-8-12-20(18)22;1-21(2,19-13-11-15-7-3-5-9-17(15)19)20-14-12-16-8-4-6-10-18(16)20/h2*9-14,25-26H,1-8H3;5-14,21-22H,1-4H3;3-14,19-20H,1-2H3. The molecule has 0 bridgehead atoms. The van der Waals surface area contributed by atoms with Gasteiger partial charge >= 0.3 is 0 Å². The van der Waals surface area contributed by atoms with Gasteiger partial charge in [-0.3, -0.25) is 0 Å². The molecular weight excluding hydrogens is 1240 g/mol. The van der Waals surface area contributed by atoms with E-state index < -0.39 is 32.3 Å². The van der Waals surface area contributed by atoms with E-state index in [2.05, 4.69) is 356 Å². The quantitative estimate of drug-likeness (QED) is 0.133. The van der Waals surface area contributed by atoms with Crippen LogP contribution in [0, 0.1) is 55.4 Å². The minimum atomic E-state index is -1.69. The maximum absolute atomic E-state index is 2.62. The number of hydrogen-bond acceptors (Lipinski definition) is 0. The van der Waals surface area contributed by atoms with Crippen molar-refractivity contribution in [3.8, 4) is 0 Å². The van der Waals surface area contributed by atoms with Crippen molar-refractivity contribution in [2.45, 2.75) is 194 Å². The van der Waals surface area contributed by atoms with E-state index in [0.29, 0.717) is 44.3 Å². The molecule has 0 fully saturated rings. The van der Waals surface area contributed by atoms with E-state index in [0.717, 1.165) is 0 Å². The molecule has 0 radical (unpaired) electrons. The fourth-order valence-corrected chi connectivity index (χ4v) is 39.6. The molecule has 0 saturated carbocycles. The third kappa shape index (κ3) is 11.9. The van der Waals surface area contributed by atoms with E-state index >= 15 is 0 Å². The van der Waals surface area contributed by atoms with Crippen molar-refractivity contribution in [2.75, 3.05) is 0 Å². The molecule has 0 nitrogen and oxygen atoms in total. The predicted octanol–water partition coefficient (Wildman–Crippen LogP) is 26.4. The summed E-state index contributed by atoms with van der Waals surface area (Å²) in [6, 6.07) is 55.1. The van der Waals surface area contributed by atoms with E-state index in [-0.39, 0.29) is 0 Å². The number of fused-ring (bicyclic) bond motifs is 8. The van der Waals surface area contributed by atoms with E-state index in [4.69, 9.17) is 0 Å². The highest BCUT2D eigenvalue weighted by atomic mass is 28.3. The monoisotopic (exact) mass is 1350 g/mol. The molecule has 0 amide bonds. The summed E-state index contributed by atoms with van der Waals surface area (Å²) >= 11 is 0. The molecule has 8 aromatic rings. The lowest BCUT2D eigenvalue weighted by Gasteiger charge is -2.39. The second kappa shape index (κ2) is 25.9. The fraction of sp³-hybridized carbons (Fsp3) is 0.319. The molecule has 0 spiro atoms. The Labute approximate surface area is 595 Å². The molecule has 0 aromatic heterocycles. The van der Waals surface area contributed by atoms with Crippen LogP contribution in [0.1, 0.15) is 219 Å². The molecule has 8 aliphatic carbocycles. The molecular formula is C94H108Si4. The summed E-state index contributed by atoms with van der Waals surface area (Å²) in [5.41, 5.74) is 49.7. The third-order valence-corrected chi connectivity index (χ3v) is 42.8. The zero-order chi connectivity index (χ0) is 70.0. The number of aryl methyl sites for hydroxylation is 8. The first-order valence-corrected chi connectivity index (χ1v) is 49.3. The highest BCUT2D eigenvalue weighted by molar-refractivity contribution is 6.83. The van der Waals surface area contributed by atoms with Gasteiger partial charge in [-0.2, -0.15) is 0 Å². The SMILES string of the molecule is CC1=Cc2c(C)cc(C)cc2C1[Si](C)(C)C1C(C)=Cc2c(C)cc(C)cc21.CC1=Cc2cc(C)c(C)cc2C1[Si](C)(C)C1C(C)=Cc2cc(C)c(C)cc21.CC1=Cc2ccccc2C1[Si](C)(C)C1C(C)=Cc2ccccc21.C[Si](C)(C1C=Cc2ccccc21)C1C=Cc2ccccc21. The van der Waals surface area contributed by atoms with Gasteiger partial charge in [0.15, 0.2) is 0 Å². The largest absolute Gasteiger partial charge is 0.0791 e. The summed E-state index contributed by atoms with van der Waals surface area (Å²) in [6.45, 7) is 52.9. The number of hydrogen-bond donors (Lipinski definition) is 0. The predicted molar refractivity (Wildman–Crippen MR) is 441 cm³/mol. The Kier molecular flexibility index (Phi) is 18.3. The van der Waals surface area contributed by atoms with Crippen LogP contribution in [0.25, 0.3) is 48.6 Å². The van der Waals surface area contributed by atoms with Gasteiger partial charge in [-0.05, 0) is 230 Å². The lowest BCUT2D eigenvalue weighted by atomic mass is 10.0. The first-order valence-electron chi connectivity index (χ1n) is 36.7. The van der Waals surface area contributed by atoms with Crippen LogP contribution >= 0.6 is 0 Å². The average Bonchev–Trinajstić information content (AvgIpc) is 1.58. The molecule has 16 rings (SSSR count). The average molecular weight is 1350 g/mol. The highest BCUT2D eigenvalue weighted by Gasteiger charge is 2.50. The second-order valence-corrected chi connectivity index (χ2v) is 53.0. The van der Waals surface area contributed by atoms with Crippen LogP contribution in [0.2, 0.25) is 52.4 Å². The van der Waals surface area contributed by atoms with Gasteiger partial charge in [0.25, 0.3) is 0 Å². The molecule has 8 aromatic carbocycles. The summed E-state index contributed by atoms with van der Waals surface area (Å²) in [6.07, 6.45) is 24.2. The molecule has 8 aliphatic rings. The molecule has 4 heteroatoms. The van der Waals surface area contributed by atoms with E-state index in [1.54, 1.807) is 66.8 Å². The lowest BCUT2D eigenvalue weighted by molar-refractivity contribution is 0.963. The van der Waals surface area contributed by atoms with Crippen LogP contribution in [0.15, 0.2) is 191 Å². The smallest absolute Gasteiger partial charge is 0.0722 e. The van der Waals surface area contributed by atoms with Crippen molar-refractivity contribution in [2.24, 2.45) is 0 Å². The normalized spacial score (nSPS) is 21.7. The fourth-order valence-electron chi connectivity index (χ4n) is 21.0. The topological polar surface area (TPSA) is 0 Å². The van der Waals surface area contributed by atoms with Crippen LogP contribution in [-0.4, -0.2) is 32.3 Å². The van der Waals surface area contributed by atoms with Crippen LogP contribution in [-0.2, 0) is 0 Å². The van der Waals surface area contributed by atoms with Gasteiger partial charge in [0.2, 0.25) is 0 Å². The molecule has 98 heavy (non-hydrogen) atoms. The molecule has 8 unspecified atom stereocenters. The van der Waals surface area contributed by atoms with Crippen molar-refractivity contribution < 1.29 is 0 Å². The van der Waals surface area contributed by atoms with Gasteiger partial charge in [0, 0.05) is 33.2 Å². The zero-order valence-electron chi connectivity index (χ0n) is 63.2. The van der Waals surface area contributed by atoms with Gasteiger partial charge in [-0.25, -0.2) is 0 Å². The summed E-state index contributed by atoms with van der Waals surface area (Å²) in [7, 11) is -6.49. The van der Waals surface area contributed by atoms with Gasteiger partial charge in [-0.1, -0.05) is 303 Å². The Bertz CT molecular complexity index is 4540. The minimum absolute atomic E-state index is 0.603. The highest BCUT2D eigenvalue weighted by Crippen LogP contribution is 2.57. The van der Waals surface area contributed by atoms with Crippen LogP contribution in [0.5, 0.6) is 0 Å². The van der Waals surface area contributed by atoms with Gasteiger partial charge in [0.05, 0.1) is 32.3 Å². The Balaban J connectivity index is 0.000000118. The number of allylic oxidation sites excluding steroid dienone is 8.